The summed E-state index contributed by atoms with van der Waals surface area (Å²) in [6.45, 7) is 2.08. The molecule has 0 bridgehead atoms. The lowest BCUT2D eigenvalue weighted by Crippen LogP contribution is -2.30. The molecule has 0 aromatic carbocycles. The van der Waals surface area contributed by atoms with E-state index in [9.17, 15) is 4.79 Å². The van der Waals surface area contributed by atoms with Crippen molar-refractivity contribution in [3.63, 3.8) is 0 Å². The molecule has 1 aromatic heterocycles. The fourth-order valence-corrected chi connectivity index (χ4v) is 2.54. The molecule has 2 heterocycles. The number of carbonyl (C=O) groups is 1. The van der Waals surface area contributed by atoms with Gasteiger partial charge in [0.15, 0.2) is 0 Å². The minimum absolute atomic E-state index is 0.0154. The maximum Gasteiger partial charge on any atom is 0.308 e. The minimum Gasteiger partial charge on any atom is -0.481 e. The third-order valence-corrected chi connectivity index (χ3v) is 3.77. The zero-order chi connectivity index (χ0) is 13.2. The molecule has 0 spiro atoms. The Labute approximate surface area is 111 Å². The molecule has 2 atom stereocenters. The largest absolute Gasteiger partial charge is 0.481 e. The lowest BCUT2D eigenvalue weighted by atomic mass is 10.1. The predicted molar refractivity (Wildman–Crippen MR) is 71.2 cm³/mol. The standard InChI is InChI=1S/C13H18N4O2/c18-13(19)9-6-10(9)16-11-7-12(15-8-14-11)17-4-2-1-3-5-17/h7-10H,1-6H2,(H,18,19)(H,14,15,16). The Morgan fingerprint density at radius 1 is 1.32 bits per heavy atom. The molecule has 2 aliphatic rings. The van der Waals surface area contributed by atoms with E-state index in [2.05, 4.69) is 20.2 Å². The molecule has 19 heavy (non-hydrogen) atoms. The van der Waals surface area contributed by atoms with Gasteiger partial charge in [-0.25, -0.2) is 9.97 Å². The van der Waals surface area contributed by atoms with Crippen LogP contribution in [0.1, 0.15) is 25.7 Å². The lowest BCUT2D eigenvalue weighted by Gasteiger charge is -2.27. The second-order valence-corrected chi connectivity index (χ2v) is 5.24. The lowest BCUT2D eigenvalue weighted by molar-refractivity contribution is -0.138. The van der Waals surface area contributed by atoms with Crippen LogP contribution in [0.5, 0.6) is 0 Å². The quantitative estimate of drug-likeness (QED) is 0.853. The fraction of sp³-hybridized carbons (Fsp3) is 0.615. The molecule has 2 unspecified atom stereocenters. The van der Waals surface area contributed by atoms with Crippen LogP contribution in [0.4, 0.5) is 11.6 Å². The Morgan fingerprint density at radius 3 is 2.79 bits per heavy atom. The van der Waals surface area contributed by atoms with Gasteiger partial charge in [-0.3, -0.25) is 4.79 Å². The van der Waals surface area contributed by atoms with Crippen LogP contribution in [0.25, 0.3) is 0 Å². The topological polar surface area (TPSA) is 78.4 Å². The summed E-state index contributed by atoms with van der Waals surface area (Å²) in [6, 6.07) is 1.93. The van der Waals surface area contributed by atoms with Crippen molar-refractivity contribution in [1.29, 1.82) is 0 Å². The van der Waals surface area contributed by atoms with Gasteiger partial charge in [0.1, 0.15) is 18.0 Å². The molecule has 1 aliphatic carbocycles. The van der Waals surface area contributed by atoms with Crippen molar-refractivity contribution in [3.8, 4) is 0 Å². The Bertz CT molecular complexity index is 473. The van der Waals surface area contributed by atoms with E-state index in [1.54, 1.807) is 6.33 Å². The predicted octanol–water partition coefficient (Wildman–Crippen LogP) is 1.35. The molecule has 6 heteroatoms. The van der Waals surface area contributed by atoms with Crippen LogP contribution in [-0.2, 0) is 4.79 Å². The van der Waals surface area contributed by atoms with E-state index in [1.165, 1.54) is 19.3 Å². The van der Waals surface area contributed by atoms with E-state index in [4.69, 9.17) is 5.11 Å². The van der Waals surface area contributed by atoms with Crippen LogP contribution >= 0.6 is 0 Å². The zero-order valence-corrected chi connectivity index (χ0v) is 10.7. The van der Waals surface area contributed by atoms with Gasteiger partial charge in [-0.05, 0) is 25.7 Å². The first-order chi connectivity index (χ1) is 9.24. The Kier molecular flexibility index (Phi) is 3.23. The Morgan fingerprint density at radius 2 is 2.11 bits per heavy atom. The summed E-state index contributed by atoms with van der Waals surface area (Å²) < 4.78 is 0. The summed E-state index contributed by atoms with van der Waals surface area (Å²) in [4.78, 5) is 21.5. The molecule has 3 rings (SSSR count). The number of hydrogen-bond acceptors (Lipinski definition) is 5. The molecule has 102 valence electrons. The van der Waals surface area contributed by atoms with Crippen molar-refractivity contribution in [1.82, 2.24) is 9.97 Å². The van der Waals surface area contributed by atoms with E-state index >= 15 is 0 Å². The average molecular weight is 262 g/mol. The highest BCUT2D eigenvalue weighted by Crippen LogP contribution is 2.33. The molecular formula is C13H18N4O2. The molecule has 1 saturated carbocycles. The second kappa shape index (κ2) is 5.03. The molecule has 1 aromatic rings. The van der Waals surface area contributed by atoms with E-state index in [-0.39, 0.29) is 12.0 Å². The summed E-state index contributed by atoms with van der Waals surface area (Å²) in [5.41, 5.74) is 0. The monoisotopic (exact) mass is 262 g/mol. The third-order valence-electron chi connectivity index (χ3n) is 3.77. The Balaban J connectivity index is 1.65. The zero-order valence-electron chi connectivity index (χ0n) is 10.7. The van der Waals surface area contributed by atoms with Gasteiger partial charge in [0.2, 0.25) is 0 Å². The van der Waals surface area contributed by atoms with E-state index in [0.29, 0.717) is 6.42 Å². The fourth-order valence-electron chi connectivity index (χ4n) is 2.54. The first-order valence-electron chi connectivity index (χ1n) is 6.80. The van der Waals surface area contributed by atoms with Crippen molar-refractivity contribution in [2.45, 2.75) is 31.7 Å². The highest BCUT2D eigenvalue weighted by atomic mass is 16.4. The van der Waals surface area contributed by atoms with Gasteiger partial charge in [-0.1, -0.05) is 0 Å². The molecule has 6 nitrogen and oxygen atoms in total. The van der Waals surface area contributed by atoms with Gasteiger partial charge < -0.3 is 15.3 Å². The van der Waals surface area contributed by atoms with Gasteiger partial charge in [-0.2, -0.15) is 0 Å². The summed E-state index contributed by atoms with van der Waals surface area (Å²) in [6.07, 6.45) is 5.92. The number of rotatable bonds is 4. The second-order valence-electron chi connectivity index (χ2n) is 5.24. The summed E-state index contributed by atoms with van der Waals surface area (Å²) in [5, 5.41) is 12.0. The van der Waals surface area contributed by atoms with Crippen LogP contribution in [0, 0.1) is 5.92 Å². The molecule has 2 N–H and O–H groups in total. The van der Waals surface area contributed by atoms with Crippen molar-refractivity contribution in [2.75, 3.05) is 23.3 Å². The molecular weight excluding hydrogens is 244 g/mol. The van der Waals surface area contributed by atoms with Crippen molar-refractivity contribution >= 4 is 17.6 Å². The molecule has 1 aliphatic heterocycles. The van der Waals surface area contributed by atoms with Crippen molar-refractivity contribution in [2.24, 2.45) is 5.92 Å². The highest BCUT2D eigenvalue weighted by Gasteiger charge is 2.43. The molecule has 2 fully saturated rings. The summed E-state index contributed by atoms with van der Waals surface area (Å²) in [7, 11) is 0. The first-order valence-corrected chi connectivity index (χ1v) is 6.80. The SMILES string of the molecule is O=C(O)C1CC1Nc1cc(N2CCCCC2)ncn1. The van der Waals surface area contributed by atoms with Crippen LogP contribution in [0.2, 0.25) is 0 Å². The van der Waals surface area contributed by atoms with E-state index < -0.39 is 5.97 Å². The Hall–Kier alpha value is -1.85. The smallest absolute Gasteiger partial charge is 0.308 e. The number of aliphatic carboxylic acids is 1. The number of aromatic nitrogens is 2. The van der Waals surface area contributed by atoms with Gasteiger partial charge in [-0.15, -0.1) is 0 Å². The molecule has 1 saturated heterocycles. The van der Waals surface area contributed by atoms with Gasteiger partial charge >= 0.3 is 5.97 Å². The number of carboxylic acid groups (broad SMARTS) is 1. The van der Waals surface area contributed by atoms with Crippen LogP contribution < -0.4 is 10.2 Å². The van der Waals surface area contributed by atoms with Crippen LogP contribution in [0.3, 0.4) is 0 Å². The van der Waals surface area contributed by atoms with Crippen molar-refractivity contribution in [3.05, 3.63) is 12.4 Å². The minimum atomic E-state index is -0.734. The van der Waals surface area contributed by atoms with Crippen LogP contribution in [-0.4, -0.2) is 40.2 Å². The van der Waals surface area contributed by atoms with E-state index in [0.717, 1.165) is 24.7 Å². The number of nitrogens with one attached hydrogen (secondary N) is 1. The highest BCUT2D eigenvalue weighted by molar-refractivity contribution is 5.75. The number of carboxylic acids is 1. The number of piperidine rings is 1. The molecule has 0 radical (unpaired) electrons. The van der Waals surface area contributed by atoms with Gasteiger partial charge in [0.05, 0.1) is 5.92 Å². The van der Waals surface area contributed by atoms with Gasteiger partial charge in [0, 0.05) is 25.2 Å². The number of anilines is 2. The van der Waals surface area contributed by atoms with Crippen LogP contribution in [0.15, 0.2) is 12.4 Å². The number of nitrogens with zero attached hydrogens (tertiary/aromatic N) is 3. The summed E-state index contributed by atoms with van der Waals surface area (Å²) in [5.74, 6) is 0.658. The maximum atomic E-state index is 10.8. The normalized spacial score (nSPS) is 26.0. The number of hydrogen-bond donors (Lipinski definition) is 2. The average Bonchev–Trinajstić information content (AvgIpc) is 3.20. The maximum absolute atomic E-state index is 10.8. The molecule has 0 amide bonds. The summed E-state index contributed by atoms with van der Waals surface area (Å²) >= 11 is 0. The third kappa shape index (κ3) is 2.77. The van der Waals surface area contributed by atoms with E-state index in [1.807, 2.05) is 6.07 Å². The van der Waals surface area contributed by atoms with Gasteiger partial charge in [0.25, 0.3) is 0 Å². The first kappa shape index (κ1) is 12.2. The van der Waals surface area contributed by atoms with Crippen molar-refractivity contribution < 1.29 is 9.90 Å².